The number of likely N-dealkylation sites (tertiary alicyclic amines) is 1. The zero-order chi connectivity index (χ0) is 16.9. The first-order chi connectivity index (χ1) is 11.6. The van der Waals surface area contributed by atoms with Crippen molar-refractivity contribution in [1.29, 1.82) is 0 Å². The summed E-state index contributed by atoms with van der Waals surface area (Å²) >= 11 is 1.14. The largest absolute Gasteiger partial charge is 0.369 e. The Balaban J connectivity index is 1.58. The van der Waals surface area contributed by atoms with Gasteiger partial charge in [0.05, 0.1) is 12.1 Å². The molecule has 1 aromatic heterocycles. The van der Waals surface area contributed by atoms with Crippen LogP contribution in [-0.4, -0.2) is 39.4 Å². The fourth-order valence-electron chi connectivity index (χ4n) is 2.86. The number of anilines is 1. The van der Waals surface area contributed by atoms with Gasteiger partial charge in [-0.1, -0.05) is 16.6 Å². The summed E-state index contributed by atoms with van der Waals surface area (Å²) in [6, 6.07) is 7.48. The molecule has 2 aromatic rings. The number of nitrogens with one attached hydrogen (secondary N) is 1. The number of carbonyl (C=O) groups is 2. The Hall–Kier alpha value is -2.32. The van der Waals surface area contributed by atoms with Gasteiger partial charge in [0.25, 0.3) is 5.91 Å². The van der Waals surface area contributed by atoms with Crippen LogP contribution in [0.15, 0.2) is 30.5 Å². The smallest absolute Gasteiger partial charge is 0.256 e. The summed E-state index contributed by atoms with van der Waals surface area (Å²) in [4.78, 5) is 25.7. The molecule has 1 fully saturated rings. The second-order valence-electron chi connectivity index (χ2n) is 5.91. The van der Waals surface area contributed by atoms with Gasteiger partial charge in [0.2, 0.25) is 5.91 Å². The van der Waals surface area contributed by atoms with E-state index in [0.29, 0.717) is 17.1 Å². The SMILES string of the molecule is NC(=O)[C@@H]1CCCN(Cc2ccc(C(=O)Nc3cnns3)cc2)C1. The Morgan fingerprint density at radius 3 is 2.79 bits per heavy atom. The molecule has 3 rings (SSSR count). The molecule has 0 spiro atoms. The number of rotatable bonds is 5. The second-order valence-corrected chi connectivity index (χ2v) is 6.70. The number of hydrogen-bond donors (Lipinski definition) is 2. The highest BCUT2D eigenvalue weighted by molar-refractivity contribution is 7.10. The first-order valence-corrected chi connectivity index (χ1v) is 8.58. The van der Waals surface area contributed by atoms with Crippen LogP contribution >= 0.6 is 11.5 Å². The first-order valence-electron chi connectivity index (χ1n) is 7.81. The zero-order valence-corrected chi connectivity index (χ0v) is 14.0. The Labute approximate surface area is 144 Å². The van der Waals surface area contributed by atoms with E-state index in [-0.39, 0.29) is 17.7 Å². The fourth-order valence-corrected chi connectivity index (χ4v) is 3.27. The summed E-state index contributed by atoms with van der Waals surface area (Å²) in [5, 5.41) is 7.05. The fraction of sp³-hybridized carbons (Fsp3) is 0.375. The molecule has 2 amide bonds. The third-order valence-electron chi connectivity index (χ3n) is 4.13. The van der Waals surface area contributed by atoms with Crippen molar-refractivity contribution in [3.8, 4) is 0 Å². The van der Waals surface area contributed by atoms with Crippen LogP contribution in [0.5, 0.6) is 0 Å². The predicted octanol–water partition coefficient (Wildman–Crippen LogP) is 1.49. The maximum absolute atomic E-state index is 12.1. The number of nitrogens with zero attached hydrogens (tertiary/aromatic N) is 3. The molecule has 1 aliphatic rings. The topological polar surface area (TPSA) is 101 Å². The van der Waals surface area contributed by atoms with Crippen LogP contribution in [0.2, 0.25) is 0 Å². The number of carbonyl (C=O) groups excluding carboxylic acids is 2. The Morgan fingerprint density at radius 2 is 2.12 bits per heavy atom. The van der Waals surface area contributed by atoms with Crippen LogP contribution in [0.4, 0.5) is 5.00 Å². The summed E-state index contributed by atoms with van der Waals surface area (Å²) in [6.45, 7) is 2.42. The minimum atomic E-state index is -0.218. The molecule has 1 atom stereocenters. The Bertz CT molecular complexity index is 702. The van der Waals surface area contributed by atoms with Gasteiger partial charge in [-0.25, -0.2) is 0 Å². The molecule has 0 saturated carbocycles. The monoisotopic (exact) mass is 345 g/mol. The van der Waals surface area contributed by atoms with E-state index in [1.807, 2.05) is 12.1 Å². The lowest BCUT2D eigenvalue weighted by Gasteiger charge is -2.31. The van der Waals surface area contributed by atoms with E-state index < -0.39 is 0 Å². The number of piperidine rings is 1. The lowest BCUT2D eigenvalue weighted by atomic mass is 9.97. The lowest BCUT2D eigenvalue weighted by Crippen LogP contribution is -2.40. The van der Waals surface area contributed by atoms with Crippen molar-refractivity contribution in [1.82, 2.24) is 14.5 Å². The number of benzene rings is 1. The van der Waals surface area contributed by atoms with E-state index in [0.717, 1.165) is 43.0 Å². The van der Waals surface area contributed by atoms with Crippen molar-refractivity contribution in [2.24, 2.45) is 11.7 Å². The number of aromatic nitrogens is 2. The molecule has 126 valence electrons. The van der Waals surface area contributed by atoms with E-state index in [1.54, 1.807) is 12.1 Å². The minimum Gasteiger partial charge on any atom is -0.369 e. The molecule has 24 heavy (non-hydrogen) atoms. The molecule has 7 nitrogen and oxygen atoms in total. The van der Waals surface area contributed by atoms with E-state index in [4.69, 9.17) is 5.73 Å². The van der Waals surface area contributed by atoms with Gasteiger partial charge in [-0.2, -0.15) is 0 Å². The summed E-state index contributed by atoms with van der Waals surface area (Å²) in [5.41, 5.74) is 7.10. The van der Waals surface area contributed by atoms with Crippen LogP contribution in [0.1, 0.15) is 28.8 Å². The maximum atomic E-state index is 12.1. The van der Waals surface area contributed by atoms with E-state index in [1.165, 1.54) is 6.20 Å². The molecule has 0 unspecified atom stereocenters. The van der Waals surface area contributed by atoms with Gasteiger partial charge in [0.15, 0.2) is 0 Å². The molecule has 0 radical (unpaired) electrons. The van der Waals surface area contributed by atoms with Crippen molar-refractivity contribution in [2.75, 3.05) is 18.4 Å². The molecule has 3 N–H and O–H groups in total. The standard InChI is InChI=1S/C16H19N5O2S/c17-15(22)13-2-1-7-21(10-13)9-11-3-5-12(6-4-11)16(23)19-14-8-18-20-24-14/h3-6,8,13H,1-2,7,9-10H2,(H2,17,22)(H,19,23)/t13-/m1/s1. The Kier molecular flexibility index (Phi) is 5.17. The van der Waals surface area contributed by atoms with Crippen LogP contribution in [-0.2, 0) is 11.3 Å². The highest BCUT2D eigenvalue weighted by Crippen LogP contribution is 2.19. The van der Waals surface area contributed by atoms with E-state index in [2.05, 4.69) is 19.8 Å². The van der Waals surface area contributed by atoms with Gasteiger partial charge in [0.1, 0.15) is 5.00 Å². The number of amides is 2. The van der Waals surface area contributed by atoms with Crippen molar-refractivity contribution in [3.63, 3.8) is 0 Å². The summed E-state index contributed by atoms with van der Waals surface area (Å²) in [7, 11) is 0. The lowest BCUT2D eigenvalue weighted by molar-refractivity contribution is -0.123. The maximum Gasteiger partial charge on any atom is 0.256 e. The van der Waals surface area contributed by atoms with Crippen LogP contribution in [0.3, 0.4) is 0 Å². The average molecular weight is 345 g/mol. The zero-order valence-electron chi connectivity index (χ0n) is 13.1. The molecular weight excluding hydrogens is 326 g/mol. The quantitative estimate of drug-likeness (QED) is 0.855. The average Bonchev–Trinajstić information content (AvgIpc) is 3.08. The van der Waals surface area contributed by atoms with Gasteiger partial charge in [-0.05, 0) is 37.1 Å². The molecule has 2 heterocycles. The number of hydrogen-bond acceptors (Lipinski definition) is 6. The second kappa shape index (κ2) is 7.50. The van der Waals surface area contributed by atoms with E-state index >= 15 is 0 Å². The van der Waals surface area contributed by atoms with Crippen molar-refractivity contribution in [3.05, 3.63) is 41.6 Å². The van der Waals surface area contributed by atoms with Gasteiger partial charge in [0, 0.05) is 30.2 Å². The molecule has 1 aromatic carbocycles. The summed E-state index contributed by atoms with van der Waals surface area (Å²) in [6.07, 6.45) is 3.37. The molecule has 0 bridgehead atoms. The normalized spacial score (nSPS) is 18.2. The van der Waals surface area contributed by atoms with Crippen molar-refractivity contribution >= 4 is 28.3 Å². The molecule has 8 heteroatoms. The summed E-state index contributed by atoms with van der Waals surface area (Å²) < 4.78 is 3.71. The van der Waals surface area contributed by atoms with Gasteiger partial charge in [-0.3, -0.25) is 14.5 Å². The van der Waals surface area contributed by atoms with Gasteiger partial charge in [-0.15, -0.1) is 5.10 Å². The van der Waals surface area contributed by atoms with Crippen molar-refractivity contribution in [2.45, 2.75) is 19.4 Å². The van der Waals surface area contributed by atoms with Crippen LogP contribution in [0, 0.1) is 5.92 Å². The highest BCUT2D eigenvalue weighted by atomic mass is 32.1. The molecular formula is C16H19N5O2S. The molecule has 1 aliphatic heterocycles. The molecule has 1 saturated heterocycles. The van der Waals surface area contributed by atoms with Gasteiger partial charge < -0.3 is 11.1 Å². The Morgan fingerprint density at radius 1 is 1.33 bits per heavy atom. The highest BCUT2D eigenvalue weighted by Gasteiger charge is 2.23. The third kappa shape index (κ3) is 4.15. The minimum absolute atomic E-state index is 0.0585. The van der Waals surface area contributed by atoms with E-state index in [9.17, 15) is 9.59 Å². The number of primary amides is 1. The molecule has 0 aliphatic carbocycles. The first kappa shape index (κ1) is 16.5. The summed E-state index contributed by atoms with van der Waals surface area (Å²) in [5.74, 6) is -0.458. The number of nitrogens with two attached hydrogens (primary N) is 1. The van der Waals surface area contributed by atoms with Crippen LogP contribution in [0.25, 0.3) is 0 Å². The van der Waals surface area contributed by atoms with Gasteiger partial charge >= 0.3 is 0 Å². The van der Waals surface area contributed by atoms with Crippen molar-refractivity contribution < 1.29 is 9.59 Å². The van der Waals surface area contributed by atoms with Crippen LogP contribution < -0.4 is 11.1 Å². The predicted molar refractivity (Wildman–Crippen MR) is 91.5 cm³/mol. The third-order valence-corrected chi connectivity index (χ3v) is 4.71.